The van der Waals surface area contributed by atoms with Gasteiger partial charge in [-0.3, -0.25) is 4.79 Å². The average molecular weight is 398 g/mol. The van der Waals surface area contributed by atoms with Crippen molar-refractivity contribution in [2.45, 2.75) is 12.8 Å². The SMILES string of the molecule is COC(=O)CCc1nc(N(C)c2ccccn2)c2c(-c3ccccc3)cccc2n1. The van der Waals surface area contributed by atoms with Gasteiger partial charge in [-0.2, -0.15) is 0 Å². The topological polar surface area (TPSA) is 68.2 Å². The van der Waals surface area contributed by atoms with E-state index in [-0.39, 0.29) is 12.4 Å². The van der Waals surface area contributed by atoms with Gasteiger partial charge < -0.3 is 9.64 Å². The molecular formula is C24H22N4O2. The fourth-order valence-electron chi connectivity index (χ4n) is 3.40. The summed E-state index contributed by atoms with van der Waals surface area (Å²) in [6, 6.07) is 22.0. The monoisotopic (exact) mass is 398 g/mol. The fraction of sp³-hybridized carbons (Fsp3) is 0.167. The largest absolute Gasteiger partial charge is 0.469 e. The van der Waals surface area contributed by atoms with E-state index in [1.165, 1.54) is 7.11 Å². The van der Waals surface area contributed by atoms with E-state index in [1.54, 1.807) is 6.20 Å². The number of carbonyl (C=O) groups excluding carboxylic acids is 1. The molecule has 2 heterocycles. The van der Waals surface area contributed by atoms with E-state index in [2.05, 4.69) is 23.2 Å². The van der Waals surface area contributed by atoms with Gasteiger partial charge in [0.2, 0.25) is 0 Å². The number of aromatic nitrogens is 3. The van der Waals surface area contributed by atoms with E-state index in [0.717, 1.165) is 33.7 Å². The second-order valence-corrected chi connectivity index (χ2v) is 6.85. The Morgan fingerprint density at radius 2 is 1.77 bits per heavy atom. The molecule has 0 bridgehead atoms. The number of pyridine rings is 1. The molecule has 0 atom stereocenters. The van der Waals surface area contributed by atoms with Gasteiger partial charge in [-0.15, -0.1) is 0 Å². The molecule has 2 aromatic heterocycles. The van der Waals surface area contributed by atoms with Crippen LogP contribution in [0.1, 0.15) is 12.2 Å². The molecule has 0 spiro atoms. The molecule has 0 saturated heterocycles. The van der Waals surface area contributed by atoms with Crippen molar-refractivity contribution in [1.29, 1.82) is 0 Å². The summed E-state index contributed by atoms with van der Waals surface area (Å²) >= 11 is 0. The molecule has 0 fully saturated rings. The molecule has 6 heteroatoms. The van der Waals surface area contributed by atoms with Crippen LogP contribution in [0.15, 0.2) is 72.9 Å². The summed E-state index contributed by atoms with van der Waals surface area (Å²) in [5, 5.41) is 0.943. The number of nitrogens with zero attached hydrogens (tertiary/aromatic N) is 4. The summed E-state index contributed by atoms with van der Waals surface area (Å²) in [7, 11) is 3.33. The summed E-state index contributed by atoms with van der Waals surface area (Å²) in [6.45, 7) is 0. The summed E-state index contributed by atoms with van der Waals surface area (Å²) in [4.78, 5) is 27.6. The number of esters is 1. The zero-order valence-electron chi connectivity index (χ0n) is 16.9. The molecule has 30 heavy (non-hydrogen) atoms. The van der Waals surface area contributed by atoms with Crippen LogP contribution in [0.5, 0.6) is 0 Å². The predicted molar refractivity (Wildman–Crippen MR) is 118 cm³/mol. The van der Waals surface area contributed by atoms with Crippen LogP contribution in [-0.4, -0.2) is 35.1 Å². The maximum Gasteiger partial charge on any atom is 0.305 e. The lowest BCUT2D eigenvalue weighted by Crippen LogP contribution is -2.15. The smallest absolute Gasteiger partial charge is 0.305 e. The standard InChI is InChI=1S/C24H22N4O2/c1-28(21-13-6-7-16-25-21)24-23-18(17-9-4-3-5-10-17)11-8-12-19(23)26-20(27-24)14-15-22(29)30-2/h3-13,16H,14-15H2,1-2H3. The van der Waals surface area contributed by atoms with E-state index < -0.39 is 0 Å². The molecule has 0 N–H and O–H groups in total. The number of benzene rings is 2. The summed E-state index contributed by atoms with van der Waals surface area (Å²) in [5.74, 6) is 1.84. The Kier molecular flexibility index (Phi) is 5.66. The van der Waals surface area contributed by atoms with Crippen molar-refractivity contribution >= 4 is 28.5 Å². The zero-order chi connectivity index (χ0) is 20.9. The highest BCUT2D eigenvalue weighted by Crippen LogP contribution is 2.35. The van der Waals surface area contributed by atoms with E-state index in [0.29, 0.717) is 12.2 Å². The van der Waals surface area contributed by atoms with E-state index in [1.807, 2.05) is 60.5 Å². The quantitative estimate of drug-likeness (QED) is 0.443. The highest BCUT2D eigenvalue weighted by Gasteiger charge is 2.18. The predicted octanol–water partition coefficient (Wildman–Crippen LogP) is 4.57. The van der Waals surface area contributed by atoms with Crippen LogP contribution in [0.4, 0.5) is 11.6 Å². The first-order chi connectivity index (χ1) is 14.7. The molecule has 4 rings (SSSR count). The van der Waals surface area contributed by atoms with Crippen molar-refractivity contribution in [2.75, 3.05) is 19.1 Å². The van der Waals surface area contributed by atoms with Crippen molar-refractivity contribution < 1.29 is 9.53 Å². The first kappa shape index (κ1) is 19.5. The normalized spacial score (nSPS) is 10.7. The highest BCUT2D eigenvalue weighted by molar-refractivity contribution is 6.02. The van der Waals surface area contributed by atoms with Gasteiger partial charge in [0, 0.05) is 19.7 Å². The zero-order valence-corrected chi connectivity index (χ0v) is 16.9. The van der Waals surface area contributed by atoms with Crippen LogP contribution in [0.25, 0.3) is 22.0 Å². The third-order valence-electron chi connectivity index (χ3n) is 4.93. The van der Waals surface area contributed by atoms with Gasteiger partial charge in [0.15, 0.2) is 0 Å². The van der Waals surface area contributed by atoms with Gasteiger partial charge >= 0.3 is 5.97 Å². The number of hydrogen-bond acceptors (Lipinski definition) is 6. The number of anilines is 2. The van der Waals surface area contributed by atoms with E-state index in [9.17, 15) is 4.79 Å². The Bertz CT molecular complexity index is 1160. The van der Waals surface area contributed by atoms with Crippen molar-refractivity contribution in [3.05, 3.63) is 78.8 Å². The number of fused-ring (bicyclic) bond motifs is 1. The second-order valence-electron chi connectivity index (χ2n) is 6.85. The molecule has 6 nitrogen and oxygen atoms in total. The summed E-state index contributed by atoms with van der Waals surface area (Å²) in [6.07, 6.45) is 2.39. The molecule has 2 aromatic carbocycles. The minimum atomic E-state index is -0.281. The van der Waals surface area contributed by atoms with Gasteiger partial charge in [-0.05, 0) is 29.3 Å². The Balaban J connectivity index is 1.90. The first-order valence-corrected chi connectivity index (χ1v) is 9.74. The molecule has 0 aliphatic heterocycles. The minimum Gasteiger partial charge on any atom is -0.469 e. The molecule has 0 saturated carbocycles. The highest BCUT2D eigenvalue weighted by atomic mass is 16.5. The van der Waals surface area contributed by atoms with Crippen molar-refractivity contribution in [3.8, 4) is 11.1 Å². The maximum atomic E-state index is 11.6. The third-order valence-corrected chi connectivity index (χ3v) is 4.93. The average Bonchev–Trinajstić information content (AvgIpc) is 2.82. The van der Waals surface area contributed by atoms with Gasteiger partial charge in [0.25, 0.3) is 0 Å². The van der Waals surface area contributed by atoms with Gasteiger partial charge in [0.05, 0.1) is 24.4 Å². The van der Waals surface area contributed by atoms with Crippen molar-refractivity contribution in [1.82, 2.24) is 15.0 Å². The van der Waals surface area contributed by atoms with Crippen LogP contribution in [0.2, 0.25) is 0 Å². The Morgan fingerprint density at radius 3 is 2.50 bits per heavy atom. The molecule has 0 amide bonds. The lowest BCUT2D eigenvalue weighted by Gasteiger charge is -2.21. The van der Waals surface area contributed by atoms with Crippen LogP contribution in [0, 0.1) is 0 Å². The van der Waals surface area contributed by atoms with Gasteiger partial charge in [-0.1, -0.05) is 48.5 Å². The number of methoxy groups -OCH3 is 1. The Labute approximate surface area is 175 Å². The van der Waals surface area contributed by atoms with E-state index >= 15 is 0 Å². The van der Waals surface area contributed by atoms with Crippen LogP contribution >= 0.6 is 0 Å². The molecule has 0 radical (unpaired) electrons. The molecule has 0 unspecified atom stereocenters. The number of aryl methyl sites for hydroxylation is 1. The van der Waals surface area contributed by atoms with Crippen molar-refractivity contribution in [2.24, 2.45) is 0 Å². The number of ether oxygens (including phenoxy) is 1. The molecule has 0 aliphatic rings. The Hall–Kier alpha value is -3.80. The number of rotatable bonds is 6. The van der Waals surface area contributed by atoms with Gasteiger partial charge in [0.1, 0.15) is 17.5 Å². The Morgan fingerprint density at radius 1 is 0.967 bits per heavy atom. The minimum absolute atomic E-state index is 0.229. The van der Waals surface area contributed by atoms with Crippen LogP contribution in [0.3, 0.4) is 0 Å². The fourth-order valence-corrected chi connectivity index (χ4v) is 3.40. The molecule has 0 aliphatic carbocycles. The lowest BCUT2D eigenvalue weighted by molar-refractivity contribution is -0.140. The molecular weight excluding hydrogens is 376 g/mol. The molecule has 4 aromatic rings. The maximum absolute atomic E-state index is 11.6. The summed E-state index contributed by atoms with van der Waals surface area (Å²) in [5.41, 5.74) is 2.96. The number of hydrogen-bond donors (Lipinski definition) is 0. The van der Waals surface area contributed by atoms with Crippen molar-refractivity contribution in [3.63, 3.8) is 0 Å². The first-order valence-electron chi connectivity index (χ1n) is 9.74. The lowest BCUT2D eigenvalue weighted by atomic mass is 10.0. The van der Waals surface area contributed by atoms with Gasteiger partial charge in [-0.25, -0.2) is 15.0 Å². The van der Waals surface area contributed by atoms with Crippen LogP contribution in [-0.2, 0) is 16.0 Å². The number of carbonyl (C=O) groups is 1. The summed E-state index contributed by atoms with van der Waals surface area (Å²) < 4.78 is 4.77. The second kappa shape index (κ2) is 8.69. The van der Waals surface area contributed by atoms with E-state index in [4.69, 9.17) is 14.7 Å². The van der Waals surface area contributed by atoms with Crippen LogP contribution < -0.4 is 4.90 Å². The molecule has 150 valence electrons. The third kappa shape index (κ3) is 3.98.